The molecule has 1 amide bonds. The monoisotopic (exact) mass is 237 g/mol. The lowest BCUT2D eigenvalue weighted by atomic mass is 9.77. The van der Waals surface area contributed by atoms with Crippen molar-refractivity contribution in [1.29, 1.82) is 0 Å². The number of amides is 1. The first-order valence-corrected chi connectivity index (χ1v) is 5.87. The molecule has 3 aliphatic rings. The standard InChI is InChI=1S/C12H15NO4/c1-6(2)13-5-12-4-3-7(17-12)8(11(15)16)9(12)10(13)14/h3-4,6-9H,5H2,1-2H3,(H,15,16). The second-order valence-electron chi connectivity index (χ2n) is 5.30. The first-order valence-electron chi connectivity index (χ1n) is 5.87. The largest absolute Gasteiger partial charge is 0.481 e. The molecule has 5 heteroatoms. The zero-order valence-electron chi connectivity index (χ0n) is 9.79. The maximum atomic E-state index is 12.3. The molecule has 92 valence electrons. The fraction of sp³-hybridized carbons (Fsp3) is 0.667. The van der Waals surface area contributed by atoms with Gasteiger partial charge in [-0.15, -0.1) is 0 Å². The second kappa shape index (κ2) is 3.10. The number of hydrogen-bond acceptors (Lipinski definition) is 3. The van der Waals surface area contributed by atoms with Gasteiger partial charge in [-0.3, -0.25) is 9.59 Å². The van der Waals surface area contributed by atoms with Gasteiger partial charge >= 0.3 is 5.97 Å². The molecule has 1 N–H and O–H groups in total. The quantitative estimate of drug-likeness (QED) is 0.700. The van der Waals surface area contributed by atoms with Crippen LogP contribution in [0.2, 0.25) is 0 Å². The zero-order chi connectivity index (χ0) is 12.4. The fourth-order valence-corrected chi connectivity index (χ4v) is 3.25. The van der Waals surface area contributed by atoms with E-state index < -0.39 is 29.5 Å². The number of carbonyl (C=O) groups excluding carboxylic acids is 1. The number of rotatable bonds is 2. The Bertz CT molecular complexity index is 430. The lowest BCUT2D eigenvalue weighted by Crippen LogP contribution is -2.39. The summed E-state index contributed by atoms with van der Waals surface area (Å²) < 4.78 is 5.75. The van der Waals surface area contributed by atoms with E-state index in [2.05, 4.69) is 0 Å². The van der Waals surface area contributed by atoms with Crippen LogP contribution in [0.1, 0.15) is 13.8 Å². The Hall–Kier alpha value is -1.36. The number of fused-ring (bicyclic) bond motifs is 1. The lowest BCUT2D eigenvalue weighted by molar-refractivity contribution is -0.148. The van der Waals surface area contributed by atoms with Gasteiger partial charge in [-0.25, -0.2) is 0 Å². The van der Waals surface area contributed by atoms with Crippen LogP contribution in [0.3, 0.4) is 0 Å². The van der Waals surface area contributed by atoms with Crippen molar-refractivity contribution in [3.8, 4) is 0 Å². The van der Waals surface area contributed by atoms with Crippen LogP contribution in [0.15, 0.2) is 12.2 Å². The topological polar surface area (TPSA) is 66.8 Å². The van der Waals surface area contributed by atoms with Crippen LogP contribution in [0.5, 0.6) is 0 Å². The van der Waals surface area contributed by atoms with Gasteiger partial charge in [0.15, 0.2) is 0 Å². The average Bonchev–Trinajstić information content (AvgIpc) is 2.86. The van der Waals surface area contributed by atoms with Gasteiger partial charge in [0, 0.05) is 6.04 Å². The van der Waals surface area contributed by atoms with E-state index in [9.17, 15) is 14.7 Å². The summed E-state index contributed by atoms with van der Waals surface area (Å²) in [6, 6.07) is 0.0768. The Labute approximate surface area is 99.0 Å². The highest BCUT2D eigenvalue weighted by molar-refractivity contribution is 5.90. The molecule has 4 atom stereocenters. The number of aliphatic carboxylic acids is 1. The van der Waals surface area contributed by atoms with Crippen LogP contribution >= 0.6 is 0 Å². The molecule has 0 saturated carbocycles. The SMILES string of the molecule is CC(C)N1CC23C=CC(O2)C(C(=O)O)C3C1=O. The van der Waals surface area contributed by atoms with E-state index in [4.69, 9.17) is 4.74 Å². The molecule has 1 spiro atoms. The molecular formula is C12H15NO4. The molecule has 0 aromatic rings. The van der Waals surface area contributed by atoms with Gasteiger partial charge in [0.2, 0.25) is 5.91 Å². The third kappa shape index (κ3) is 1.17. The van der Waals surface area contributed by atoms with Crippen molar-refractivity contribution in [1.82, 2.24) is 4.90 Å². The van der Waals surface area contributed by atoms with Gasteiger partial charge < -0.3 is 14.7 Å². The van der Waals surface area contributed by atoms with E-state index in [1.807, 2.05) is 19.9 Å². The number of ether oxygens (including phenoxy) is 1. The van der Waals surface area contributed by atoms with E-state index in [1.165, 1.54) is 0 Å². The summed E-state index contributed by atoms with van der Waals surface area (Å²) >= 11 is 0. The van der Waals surface area contributed by atoms with Crippen LogP contribution in [0, 0.1) is 11.8 Å². The number of carboxylic acid groups (broad SMARTS) is 1. The molecule has 3 aliphatic heterocycles. The van der Waals surface area contributed by atoms with Gasteiger partial charge in [-0.2, -0.15) is 0 Å². The van der Waals surface area contributed by atoms with Crippen molar-refractivity contribution < 1.29 is 19.4 Å². The minimum Gasteiger partial charge on any atom is -0.481 e. The van der Waals surface area contributed by atoms with E-state index in [0.717, 1.165) is 0 Å². The van der Waals surface area contributed by atoms with Gasteiger partial charge in [0.1, 0.15) is 11.5 Å². The Morgan fingerprint density at radius 2 is 2.35 bits per heavy atom. The van der Waals surface area contributed by atoms with Crippen molar-refractivity contribution in [2.24, 2.45) is 11.8 Å². The number of likely N-dealkylation sites (tertiary alicyclic amines) is 1. The highest BCUT2D eigenvalue weighted by Crippen LogP contribution is 2.52. The van der Waals surface area contributed by atoms with Gasteiger partial charge in [0.25, 0.3) is 0 Å². The number of carbonyl (C=O) groups is 2. The van der Waals surface area contributed by atoms with E-state index >= 15 is 0 Å². The van der Waals surface area contributed by atoms with Crippen LogP contribution < -0.4 is 0 Å². The highest BCUT2D eigenvalue weighted by Gasteiger charge is 2.67. The first-order chi connectivity index (χ1) is 7.96. The summed E-state index contributed by atoms with van der Waals surface area (Å²) in [5.41, 5.74) is -0.685. The number of nitrogens with zero attached hydrogens (tertiary/aromatic N) is 1. The minimum absolute atomic E-state index is 0.0768. The summed E-state index contributed by atoms with van der Waals surface area (Å²) in [5, 5.41) is 9.24. The predicted molar refractivity (Wildman–Crippen MR) is 58.2 cm³/mol. The van der Waals surface area contributed by atoms with Crippen LogP contribution in [-0.2, 0) is 14.3 Å². The average molecular weight is 237 g/mol. The summed E-state index contributed by atoms with van der Waals surface area (Å²) in [4.78, 5) is 25.3. The van der Waals surface area contributed by atoms with Crippen molar-refractivity contribution in [2.75, 3.05) is 6.54 Å². The van der Waals surface area contributed by atoms with Gasteiger partial charge in [-0.1, -0.05) is 12.2 Å². The Balaban J connectivity index is 2.01. The molecule has 0 aromatic carbocycles. The molecule has 4 unspecified atom stereocenters. The third-order valence-electron chi connectivity index (χ3n) is 4.04. The normalized spacial score (nSPS) is 42.6. The Morgan fingerprint density at radius 1 is 1.65 bits per heavy atom. The van der Waals surface area contributed by atoms with Crippen molar-refractivity contribution in [2.45, 2.75) is 31.6 Å². The maximum absolute atomic E-state index is 12.3. The van der Waals surface area contributed by atoms with Gasteiger partial charge in [0.05, 0.1) is 18.6 Å². The van der Waals surface area contributed by atoms with Crippen LogP contribution in [0.25, 0.3) is 0 Å². The Morgan fingerprint density at radius 3 is 2.94 bits per heavy atom. The van der Waals surface area contributed by atoms with Crippen molar-refractivity contribution in [3.05, 3.63) is 12.2 Å². The molecule has 5 nitrogen and oxygen atoms in total. The Kier molecular flexibility index (Phi) is 1.96. The molecule has 2 bridgehead atoms. The van der Waals surface area contributed by atoms with Crippen LogP contribution in [-0.4, -0.2) is 46.2 Å². The second-order valence-corrected chi connectivity index (χ2v) is 5.30. The smallest absolute Gasteiger partial charge is 0.310 e. The molecular weight excluding hydrogens is 222 g/mol. The highest BCUT2D eigenvalue weighted by atomic mass is 16.5. The first kappa shape index (κ1) is 10.8. The molecule has 0 aliphatic carbocycles. The number of carboxylic acids is 1. The van der Waals surface area contributed by atoms with Gasteiger partial charge in [-0.05, 0) is 13.8 Å². The molecule has 2 fully saturated rings. The van der Waals surface area contributed by atoms with Crippen LogP contribution in [0.4, 0.5) is 0 Å². The van der Waals surface area contributed by atoms with E-state index in [1.54, 1.807) is 11.0 Å². The lowest BCUT2D eigenvalue weighted by Gasteiger charge is -2.24. The predicted octanol–water partition coefficient (Wildman–Crippen LogP) is 0.261. The molecule has 0 aromatic heterocycles. The maximum Gasteiger partial charge on any atom is 0.310 e. The van der Waals surface area contributed by atoms with E-state index in [0.29, 0.717) is 6.54 Å². The summed E-state index contributed by atoms with van der Waals surface area (Å²) in [7, 11) is 0. The summed E-state index contributed by atoms with van der Waals surface area (Å²) in [6.45, 7) is 4.34. The number of hydrogen-bond donors (Lipinski definition) is 1. The van der Waals surface area contributed by atoms with Crippen molar-refractivity contribution in [3.63, 3.8) is 0 Å². The molecule has 2 saturated heterocycles. The van der Waals surface area contributed by atoms with E-state index in [-0.39, 0.29) is 11.9 Å². The summed E-state index contributed by atoms with van der Waals surface area (Å²) in [6.07, 6.45) is 3.23. The fourth-order valence-electron chi connectivity index (χ4n) is 3.25. The molecule has 17 heavy (non-hydrogen) atoms. The minimum atomic E-state index is -0.940. The third-order valence-corrected chi connectivity index (χ3v) is 4.04. The zero-order valence-corrected chi connectivity index (χ0v) is 9.79. The van der Waals surface area contributed by atoms with Crippen molar-refractivity contribution >= 4 is 11.9 Å². The summed E-state index contributed by atoms with van der Waals surface area (Å²) in [5.74, 6) is -2.29. The molecule has 0 radical (unpaired) electrons. The molecule has 3 heterocycles. The molecule has 3 rings (SSSR count).